The lowest BCUT2D eigenvalue weighted by Gasteiger charge is -2.29. The van der Waals surface area contributed by atoms with Gasteiger partial charge < -0.3 is 4.79 Å². The summed E-state index contributed by atoms with van der Waals surface area (Å²) < 4.78 is 0. The van der Waals surface area contributed by atoms with E-state index in [2.05, 4.69) is 39.8 Å². The van der Waals surface area contributed by atoms with Crippen LogP contribution in [-0.2, 0) is 9.59 Å². The molecule has 0 saturated heterocycles. The third-order valence-corrected chi connectivity index (χ3v) is 4.73. The van der Waals surface area contributed by atoms with Crippen LogP contribution in [0.2, 0.25) is 0 Å². The van der Waals surface area contributed by atoms with Gasteiger partial charge in [-0.05, 0) is 70.3 Å². The molecule has 1 aliphatic rings. The third kappa shape index (κ3) is 5.75. The lowest BCUT2D eigenvalue weighted by Crippen LogP contribution is -2.25. The van der Waals surface area contributed by atoms with E-state index in [9.17, 15) is 9.59 Å². The lowest BCUT2D eigenvalue weighted by atomic mass is 9.75. The Morgan fingerprint density at radius 1 is 1.32 bits per heavy atom. The highest BCUT2D eigenvalue weighted by Crippen LogP contribution is 2.34. The molecule has 0 aromatic heterocycles. The predicted octanol–water partition coefficient (Wildman–Crippen LogP) is 5.06. The smallest absolute Gasteiger partial charge is 0.146 e. The fourth-order valence-electron chi connectivity index (χ4n) is 3.25. The molecule has 0 bridgehead atoms. The summed E-state index contributed by atoms with van der Waals surface area (Å²) in [5, 5.41) is 0. The molecule has 0 unspecified atom stereocenters. The predicted molar refractivity (Wildman–Crippen MR) is 92.6 cm³/mol. The fourth-order valence-corrected chi connectivity index (χ4v) is 3.25. The van der Waals surface area contributed by atoms with E-state index in [1.807, 2.05) is 6.08 Å². The number of rotatable bonds is 6. The molecule has 0 N–H and O–H groups in total. The Kier molecular flexibility index (Phi) is 8.08. The van der Waals surface area contributed by atoms with Crippen LogP contribution in [0.5, 0.6) is 0 Å². The van der Waals surface area contributed by atoms with Crippen molar-refractivity contribution in [1.82, 2.24) is 0 Å². The van der Waals surface area contributed by atoms with E-state index >= 15 is 0 Å². The minimum Gasteiger partial charge on any atom is -0.303 e. The summed E-state index contributed by atoms with van der Waals surface area (Å²) >= 11 is 0. The summed E-state index contributed by atoms with van der Waals surface area (Å²) in [6, 6.07) is 0. The summed E-state index contributed by atoms with van der Waals surface area (Å²) in [7, 11) is 0. The molecule has 0 saturated carbocycles. The van der Waals surface area contributed by atoms with Gasteiger partial charge >= 0.3 is 0 Å². The zero-order valence-corrected chi connectivity index (χ0v) is 14.5. The van der Waals surface area contributed by atoms with Gasteiger partial charge in [0.25, 0.3) is 0 Å². The number of allylic oxidation sites excluding steroid dienone is 6. The van der Waals surface area contributed by atoms with Gasteiger partial charge in [0.05, 0.1) is 0 Å². The van der Waals surface area contributed by atoms with Crippen LogP contribution in [0.4, 0.5) is 0 Å². The molecule has 122 valence electrons. The maximum Gasteiger partial charge on any atom is 0.146 e. The summed E-state index contributed by atoms with van der Waals surface area (Å²) in [5.74, 6) is 0.430. The van der Waals surface area contributed by atoms with Crippen LogP contribution in [0.1, 0.15) is 59.8 Å². The monoisotopic (exact) mass is 302 g/mol. The largest absolute Gasteiger partial charge is 0.303 e. The van der Waals surface area contributed by atoms with Crippen molar-refractivity contribution in [3.05, 3.63) is 34.9 Å². The van der Waals surface area contributed by atoms with E-state index in [0.29, 0.717) is 11.5 Å². The molecule has 0 heterocycles. The minimum absolute atomic E-state index is 0.251. The van der Waals surface area contributed by atoms with Crippen molar-refractivity contribution < 1.29 is 9.59 Å². The molecule has 1 rings (SSSR count). The Balaban J connectivity index is 2.93. The quantitative estimate of drug-likeness (QED) is 0.508. The molecule has 2 nitrogen and oxygen atoms in total. The SMILES string of the molecule is CC(C)=CCC[C@H](C)[C@H]1CC/C(C)=C/C/C=C(/C=O)[C@@H]1C=O. The van der Waals surface area contributed by atoms with Gasteiger partial charge in [-0.3, -0.25) is 4.79 Å². The average Bonchev–Trinajstić information content (AvgIpc) is 2.55. The molecule has 0 aromatic rings. The first-order chi connectivity index (χ1) is 10.5. The van der Waals surface area contributed by atoms with Crippen molar-refractivity contribution in [2.45, 2.75) is 59.8 Å². The van der Waals surface area contributed by atoms with Crippen LogP contribution < -0.4 is 0 Å². The molecule has 0 amide bonds. The first-order valence-electron chi connectivity index (χ1n) is 8.39. The van der Waals surface area contributed by atoms with Crippen LogP contribution in [0, 0.1) is 17.8 Å². The van der Waals surface area contributed by atoms with E-state index in [0.717, 1.165) is 44.7 Å². The zero-order valence-electron chi connectivity index (χ0n) is 14.5. The van der Waals surface area contributed by atoms with Gasteiger partial charge in [0.15, 0.2) is 0 Å². The van der Waals surface area contributed by atoms with Crippen molar-refractivity contribution in [2.24, 2.45) is 17.8 Å². The van der Waals surface area contributed by atoms with Crippen molar-refractivity contribution in [3.8, 4) is 0 Å². The Bertz CT molecular complexity index is 464. The van der Waals surface area contributed by atoms with Gasteiger partial charge in [-0.2, -0.15) is 0 Å². The highest BCUT2D eigenvalue weighted by molar-refractivity contribution is 5.81. The normalized spacial score (nSPS) is 28.7. The summed E-state index contributed by atoms with van der Waals surface area (Å²) in [4.78, 5) is 23.1. The fraction of sp³-hybridized carbons (Fsp3) is 0.600. The third-order valence-electron chi connectivity index (χ3n) is 4.73. The van der Waals surface area contributed by atoms with Crippen molar-refractivity contribution in [2.75, 3.05) is 0 Å². The van der Waals surface area contributed by atoms with E-state index in [1.165, 1.54) is 11.1 Å². The molecular formula is C20H30O2. The molecule has 0 aromatic carbocycles. The number of carbonyl (C=O) groups excluding carboxylic acids is 2. The Labute approximate surface area is 135 Å². The molecule has 0 fully saturated rings. The molecule has 3 atom stereocenters. The van der Waals surface area contributed by atoms with Gasteiger partial charge in [0.2, 0.25) is 0 Å². The Morgan fingerprint density at radius 2 is 2.05 bits per heavy atom. The zero-order chi connectivity index (χ0) is 16.5. The second-order valence-electron chi connectivity index (χ2n) is 6.81. The maximum absolute atomic E-state index is 11.7. The average molecular weight is 302 g/mol. The molecule has 1 aliphatic carbocycles. The van der Waals surface area contributed by atoms with E-state index < -0.39 is 0 Å². The van der Waals surface area contributed by atoms with Gasteiger partial charge in [0, 0.05) is 5.92 Å². The van der Waals surface area contributed by atoms with Gasteiger partial charge in [-0.25, -0.2) is 0 Å². The van der Waals surface area contributed by atoms with Gasteiger partial charge in [-0.1, -0.05) is 36.3 Å². The van der Waals surface area contributed by atoms with Crippen LogP contribution in [0.15, 0.2) is 34.9 Å². The van der Waals surface area contributed by atoms with Crippen molar-refractivity contribution in [3.63, 3.8) is 0 Å². The van der Waals surface area contributed by atoms with Crippen molar-refractivity contribution >= 4 is 12.6 Å². The first kappa shape index (κ1) is 18.6. The molecule has 22 heavy (non-hydrogen) atoms. The van der Waals surface area contributed by atoms with Crippen LogP contribution >= 0.6 is 0 Å². The van der Waals surface area contributed by atoms with E-state index in [-0.39, 0.29) is 11.8 Å². The second kappa shape index (κ2) is 9.55. The molecule has 0 radical (unpaired) electrons. The second-order valence-corrected chi connectivity index (χ2v) is 6.81. The van der Waals surface area contributed by atoms with Gasteiger partial charge in [-0.15, -0.1) is 0 Å². The number of carbonyl (C=O) groups is 2. The van der Waals surface area contributed by atoms with Crippen LogP contribution in [-0.4, -0.2) is 12.6 Å². The van der Waals surface area contributed by atoms with Crippen LogP contribution in [0.25, 0.3) is 0 Å². The minimum atomic E-state index is -0.251. The van der Waals surface area contributed by atoms with E-state index in [4.69, 9.17) is 0 Å². The standard InChI is InChI=1S/C20H30O2/c1-15(2)7-5-9-17(4)19-12-11-16(3)8-6-10-18(13-21)20(19)14-22/h7-8,10,13-14,17,19-20H,5-6,9,11-12H2,1-4H3/b16-8+,18-10-/t17-,19+,20-/m0/s1. The number of hydrogen-bond acceptors (Lipinski definition) is 2. The maximum atomic E-state index is 11.7. The summed E-state index contributed by atoms with van der Waals surface area (Å²) in [6.07, 6.45) is 13.1. The summed E-state index contributed by atoms with van der Waals surface area (Å²) in [6.45, 7) is 8.58. The summed E-state index contributed by atoms with van der Waals surface area (Å²) in [5.41, 5.74) is 3.36. The molecule has 0 spiro atoms. The topological polar surface area (TPSA) is 34.1 Å². The first-order valence-corrected chi connectivity index (χ1v) is 8.39. The van der Waals surface area contributed by atoms with Crippen molar-refractivity contribution in [1.29, 1.82) is 0 Å². The molecule has 2 heteroatoms. The van der Waals surface area contributed by atoms with Gasteiger partial charge in [0.1, 0.15) is 12.6 Å². The number of aldehydes is 2. The Morgan fingerprint density at radius 3 is 2.64 bits per heavy atom. The number of hydrogen-bond donors (Lipinski definition) is 0. The van der Waals surface area contributed by atoms with E-state index in [1.54, 1.807) is 0 Å². The lowest BCUT2D eigenvalue weighted by molar-refractivity contribution is -0.114. The highest BCUT2D eigenvalue weighted by Gasteiger charge is 2.29. The highest BCUT2D eigenvalue weighted by atomic mass is 16.1. The molecular weight excluding hydrogens is 272 g/mol. The molecule has 0 aliphatic heterocycles. The van der Waals surface area contributed by atoms with Crippen LogP contribution in [0.3, 0.4) is 0 Å². The Hall–Kier alpha value is -1.44.